The first-order valence-corrected chi connectivity index (χ1v) is 5.29. The first-order chi connectivity index (χ1) is 8.08. The Hall–Kier alpha value is -2.11. The maximum Gasteiger partial charge on any atom is 0.242 e. The fourth-order valence-corrected chi connectivity index (χ4v) is 1.70. The van der Waals surface area contributed by atoms with E-state index in [-0.39, 0.29) is 24.9 Å². The highest BCUT2D eigenvalue weighted by Gasteiger charge is 2.27. The average molecular weight is 234 g/mol. The quantitative estimate of drug-likeness (QED) is 0.745. The smallest absolute Gasteiger partial charge is 0.242 e. The van der Waals surface area contributed by atoms with Crippen molar-refractivity contribution in [2.45, 2.75) is 6.54 Å². The van der Waals surface area contributed by atoms with E-state index < -0.39 is 0 Å². The second-order valence-electron chi connectivity index (χ2n) is 4.05. The molecule has 17 heavy (non-hydrogen) atoms. The van der Waals surface area contributed by atoms with Crippen LogP contribution in [0, 0.1) is 0 Å². The van der Waals surface area contributed by atoms with Crippen molar-refractivity contribution in [2.75, 3.05) is 25.9 Å². The van der Waals surface area contributed by atoms with Crippen molar-refractivity contribution in [3.63, 3.8) is 0 Å². The molecular weight excluding hydrogens is 220 g/mol. The molecule has 1 saturated heterocycles. The molecule has 1 aliphatic heterocycles. The lowest BCUT2D eigenvalue weighted by atomic mass is 10.2. The van der Waals surface area contributed by atoms with Crippen LogP contribution in [0.1, 0.15) is 5.56 Å². The van der Waals surface area contributed by atoms with Gasteiger partial charge in [-0.15, -0.1) is 0 Å². The number of hydrogen-bond acceptors (Lipinski definition) is 4. The van der Waals surface area contributed by atoms with Crippen molar-refractivity contribution in [2.24, 2.45) is 0 Å². The third kappa shape index (κ3) is 2.35. The molecule has 90 valence electrons. The first kappa shape index (κ1) is 11.4. The Labute approximate surface area is 99.0 Å². The molecule has 0 unspecified atom stereocenters. The molecule has 0 spiro atoms. The summed E-state index contributed by atoms with van der Waals surface area (Å²) in [4.78, 5) is 30.1. The Balaban J connectivity index is 2.12. The molecule has 0 radical (unpaired) electrons. The van der Waals surface area contributed by atoms with Crippen molar-refractivity contribution in [3.8, 4) is 0 Å². The number of nitrogens with two attached hydrogens (primary N) is 1. The number of amides is 2. The van der Waals surface area contributed by atoms with Gasteiger partial charge >= 0.3 is 0 Å². The summed E-state index contributed by atoms with van der Waals surface area (Å²) in [5.41, 5.74) is 6.46. The number of aromatic nitrogens is 1. The number of hydrogen-bond donors (Lipinski definition) is 1. The van der Waals surface area contributed by atoms with Crippen LogP contribution >= 0.6 is 0 Å². The molecule has 0 aliphatic carbocycles. The molecule has 1 aromatic rings. The minimum absolute atomic E-state index is 0.0629. The van der Waals surface area contributed by atoms with Gasteiger partial charge in [-0.1, -0.05) is 6.07 Å². The highest BCUT2D eigenvalue weighted by Crippen LogP contribution is 2.13. The summed E-state index contributed by atoms with van der Waals surface area (Å²) in [6, 6.07) is 3.56. The molecule has 0 saturated carbocycles. The van der Waals surface area contributed by atoms with E-state index in [1.165, 1.54) is 9.80 Å². The normalized spacial score (nSPS) is 16.5. The SMILES string of the molecule is CN1CC(=O)N(Cc2cccnc2N)CC1=O. The number of likely N-dealkylation sites (N-methyl/N-ethyl adjacent to an activating group) is 1. The molecule has 2 amide bonds. The molecule has 2 rings (SSSR count). The number of pyridine rings is 1. The van der Waals surface area contributed by atoms with Gasteiger partial charge in [0.25, 0.3) is 0 Å². The zero-order chi connectivity index (χ0) is 12.4. The summed E-state index contributed by atoms with van der Waals surface area (Å²) in [5, 5.41) is 0. The van der Waals surface area contributed by atoms with E-state index in [2.05, 4.69) is 4.98 Å². The van der Waals surface area contributed by atoms with E-state index in [1.54, 1.807) is 25.4 Å². The van der Waals surface area contributed by atoms with Crippen LogP contribution in [0.15, 0.2) is 18.3 Å². The first-order valence-electron chi connectivity index (χ1n) is 5.29. The van der Waals surface area contributed by atoms with Gasteiger partial charge in [-0.3, -0.25) is 9.59 Å². The Morgan fingerprint density at radius 1 is 1.35 bits per heavy atom. The minimum atomic E-state index is -0.0737. The van der Waals surface area contributed by atoms with Crippen molar-refractivity contribution in [3.05, 3.63) is 23.9 Å². The lowest BCUT2D eigenvalue weighted by Crippen LogP contribution is -2.51. The van der Waals surface area contributed by atoms with E-state index in [0.29, 0.717) is 12.4 Å². The van der Waals surface area contributed by atoms with Gasteiger partial charge in [-0.05, 0) is 6.07 Å². The van der Waals surface area contributed by atoms with Gasteiger partial charge < -0.3 is 15.5 Å². The lowest BCUT2D eigenvalue weighted by Gasteiger charge is -2.31. The van der Waals surface area contributed by atoms with Crippen LogP contribution in [-0.2, 0) is 16.1 Å². The maximum atomic E-state index is 11.7. The van der Waals surface area contributed by atoms with Crippen molar-refractivity contribution in [1.82, 2.24) is 14.8 Å². The van der Waals surface area contributed by atoms with Crippen LogP contribution in [0.2, 0.25) is 0 Å². The largest absolute Gasteiger partial charge is 0.383 e. The highest BCUT2D eigenvalue weighted by atomic mass is 16.2. The fraction of sp³-hybridized carbons (Fsp3) is 0.364. The zero-order valence-corrected chi connectivity index (χ0v) is 9.59. The Kier molecular flexibility index (Phi) is 2.95. The summed E-state index contributed by atoms with van der Waals surface area (Å²) in [5.74, 6) is 0.258. The lowest BCUT2D eigenvalue weighted by molar-refractivity contribution is -0.149. The van der Waals surface area contributed by atoms with Crippen LogP contribution < -0.4 is 5.73 Å². The van der Waals surface area contributed by atoms with E-state index in [9.17, 15) is 9.59 Å². The van der Waals surface area contributed by atoms with E-state index in [4.69, 9.17) is 5.73 Å². The maximum absolute atomic E-state index is 11.7. The molecule has 6 heteroatoms. The van der Waals surface area contributed by atoms with Gasteiger partial charge in [0.05, 0.1) is 6.54 Å². The van der Waals surface area contributed by atoms with E-state index in [1.807, 2.05) is 0 Å². The Bertz CT molecular complexity index is 461. The van der Waals surface area contributed by atoms with Crippen LogP contribution in [0.4, 0.5) is 5.82 Å². The predicted molar refractivity (Wildman–Crippen MR) is 61.7 cm³/mol. The molecular formula is C11H14N4O2. The average Bonchev–Trinajstić information content (AvgIpc) is 2.29. The van der Waals surface area contributed by atoms with Gasteiger partial charge in [-0.25, -0.2) is 4.98 Å². The Morgan fingerprint density at radius 2 is 2.12 bits per heavy atom. The summed E-state index contributed by atoms with van der Waals surface area (Å²) >= 11 is 0. The third-order valence-corrected chi connectivity index (χ3v) is 2.76. The molecule has 1 aromatic heterocycles. The van der Waals surface area contributed by atoms with Crippen LogP contribution in [0.25, 0.3) is 0 Å². The number of nitrogens with zero attached hydrogens (tertiary/aromatic N) is 3. The second-order valence-corrected chi connectivity index (χ2v) is 4.05. The molecule has 0 atom stereocenters. The van der Waals surface area contributed by atoms with Gasteiger partial charge in [0.15, 0.2) is 0 Å². The third-order valence-electron chi connectivity index (χ3n) is 2.76. The van der Waals surface area contributed by atoms with E-state index in [0.717, 1.165) is 5.56 Å². The van der Waals surface area contributed by atoms with E-state index >= 15 is 0 Å². The monoisotopic (exact) mass is 234 g/mol. The standard InChI is InChI=1S/C11H14N4O2/c1-14-6-10(17)15(7-9(14)16)5-8-3-2-4-13-11(8)12/h2-4H,5-7H2,1H3,(H2,12,13). The zero-order valence-electron chi connectivity index (χ0n) is 9.59. The molecule has 6 nitrogen and oxygen atoms in total. The van der Waals surface area contributed by atoms with Crippen molar-refractivity contribution < 1.29 is 9.59 Å². The van der Waals surface area contributed by atoms with Crippen molar-refractivity contribution in [1.29, 1.82) is 0 Å². The molecule has 2 N–H and O–H groups in total. The van der Waals surface area contributed by atoms with Crippen molar-refractivity contribution >= 4 is 17.6 Å². The summed E-state index contributed by atoms with van der Waals surface area (Å²) in [6.45, 7) is 0.556. The highest BCUT2D eigenvalue weighted by molar-refractivity contribution is 5.92. The van der Waals surface area contributed by atoms with Gasteiger partial charge in [0, 0.05) is 25.4 Å². The number of carbonyl (C=O) groups is 2. The van der Waals surface area contributed by atoms with Gasteiger partial charge in [-0.2, -0.15) is 0 Å². The molecule has 0 aromatic carbocycles. The molecule has 2 heterocycles. The minimum Gasteiger partial charge on any atom is -0.383 e. The topological polar surface area (TPSA) is 79.5 Å². The fourth-order valence-electron chi connectivity index (χ4n) is 1.70. The summed E-state index contributed by atoms with van der Waals surface area (Å²) in [7, 11) is 1.62. The van der Waals surface area contributed by atoms with Crippen LogP contribution in [0.3, 0.4) is 0 Å². The molecule has 1 fully saturated rings. The van der Waals surface area contributed by atoms with Crippen LogP contribution in [0.5, 0.6) is 0 Å². The number of nitrogen functional groups attached to an aromatic ring is 1. The molecule has 1 aliphatic rings. The number of anilines is 1. The number of rotatable bonds is 2. The summed E-state index contributed by atoms with van der Waals surface area (Å²) < 4.78 is 0. The number of piperazine rings is 1. The van der Waals surface area contributed by atoms with Crippen LogP contribution in [-0.4, -0.2) is 46.7 Å². The van der Waals surface area contributed by atoms with Gasteiger partial charge in [0.2, 0.25) is 11.8 Å². The summed E-state index contributed by atoms with van der Waals surface area (Å²) in [6.07, 6.45) is 1.59. The van der Waals surface area contributed by atoms with Gasteiger partial charge in [0.1, 0.15) is 12.4 Å². The Morgan fingerprint density at radius 3 is 2.82 bits per heavy atom. The second kappa shape index (κ2) is 4.40. The predicted octanol–water partition coefficient (Wildman–Crippen LogP) is -0.536. The number of carbonyl (C=O) groups excluding carboxylic acids is 2. The molecule has 0 bridgehead atoms.